The summed E-state index contributed by atoms with van der Waals surface area (Å²) >= 11 is 0. The minimum atomic E-state index is -0.0865. The third kappa shape index (κ3) is 3.99. The predicted molar refractivity (Wildman–Crippen MR) is 110 cm³/mol. The van der Waals surface area contributed by atoms with Gasteiger partial charge in [0.15, 0.2) is 0 Å². The third-order valence-corrected chi connectivity index (χ3v) is 5.05. The smallest absolute Gasteiger partial charge is 0.272 e. The molecule has 0 atom stereocenters. The molecule has 1 aliphatic rings. The highest BCUT2D eigenvalue weighted by Gasteiger charge is 2.23. The molecule has 1 saturated heterocycles. The van der Waals surface area contributed by atoms with E-state index in [1.54, 1.807) is 37.6 Å². The van der Waals surface area contributed by atoms with E-state index in [0.717, 1.165) is 11.4 Å². The van der Waals surface area contributed by atoms with Gasteiger partial charge in [0.2, 0.25) is 0 Å². The molecule has 1 aromatic carbocycles. The van der Waals surface area contributed by atoms with Crippen LogP contribution >= 0.6 is 0 Å². The summed E-state index contributed by atoms with van der Waals surface area (Å²) in [5.41, 5.74) is 2.83. The van der Waals surface area contributed by atoms with Crippen LogP contribution in [0.1, 0.15) is 10.5 Å². The van der Waals surface area contributed by atoms with Crippen LogP contribution in [-0.4, -0.2) is 59.2 Å². The monoisotopic (exact) mass is 390 g/mol. The molecule has 1 amide bonds. The quantitative estimate of drug-likeness (QED) is 0.738. The topological polar surface area (TPSA) is 78.8 Å². The zero-order valence-electron chi connectivity index (χ0n) is 16.2. The van der Waals surface area contributed by atoms with Gasteiger partial charge in [-0.05, 0) is 30.3 Å². The molecule has 7 heteroatoms. The van der Waals surface area contributed by atoms with Gasteiger partial charge < -0.3 is 19.6 Å². The van der Waals surface area contributed by atoms with Crippen molar-refractivity contribution in [2.75, 3.05) is 38.2 Å². The lowest BCUT2D eigenvalue weighted by atomic mass is 10.1. The van der Waals surface area contributed by atoms with Crippen molar-refractivity contribution in [3.63, 3.8) is 0 Å². The van der Waals surface area contributed by atoms with Crippen molar-refractivity contribution in [2.45, 2.75) is 0 Å². The number of aromatic nitrogens is 2. The van der Waals surface area contributed by atoms with E-state index >= 15 is 0 Å². The summed E-state index contributed by atoms with van der Waals surface area (Å²) in [7, 11) is 1.57. The van der Waals surface area contributed by atoms with Crippen LogP contribution in [-0.2, 0) is 0 Å². The molecule has 0 bridgehead atoms. The molecule has 0 radical (unpaired) electrons. The molecule has 29 heavy (non-hydrogen) atoms. The number of anilines is 1. The standard InChI is InChI=1S/C22H22N4O3/c1-29-17-8-9-23-20(14-17)22(28)26-12-10-25(11-13-26)16-6-7-19(24-15-16)18-4-2-3-5-21(18)27/h2-9,14-15,27H,10-13H2,1H3. The molecule has 0 aliphatic carbocycles. The van der Waals surface area contributed by atoms with Crippen LogP contribution < -0.4 is 9.64 Å². The highest BCUT2D eigenvalue weighted by molar-refractivity contribution is 5.92. The molecule has 0 unspecified atom stereocenters. The molecule has 1 N–H and O–H groups in total. The Morgan fingerprint density at radius 3 is 2.52 bits per heavy atom. The predicted octanol–water partition coefficient (Wildman–Crippen LogP) is 2.82. The summed E-state index contributed by atoms with van der Waals surface area (Å²) in [6.45, 7) is 2.65. The fraction of sp³-hybridized carbons (Fsp3) is 0.227. The average molecular weight is 390 g/mol. The highest BCUT2D eigenvalue weighted by atomic mass is 16.5. The Balaban J connectivity index is 1.40. The maximum Gasteiger partial charge on any atom is 0.272 e. The number of aromatic hydroxyl groups is 1. The number of hydrogen-bond donors (Lipinski definition) is 1. The Bertz CT molecular complexity index is 999. The van der Waals surface area contributed by atoms with E-state index in [9.17, 15) is 9.90 Å². The number of hydrogen-bond acceptors (Lipinski definition) is 6. The minimum Gasteiger partial charge on any atom is -0.507 e. The van der Waals surface area contributed by atoms with E-state index in [1.165, 1.54) is 0 Å². The van der Waals surface area contributed by atoms with Crippen LogP contribution in [0, 0.1) is 0 Å². The Hall–Kier alpha value is -3.61. The van der Waals surface area contributed by atoms with Crippen molar-refractivity contribution in [3.8, 4) is 22.8 Å². The van der Waals surface area contributed by atoms with Crippen LogP contribution in [0.5, 0.6) is 11.5 Å². The summed E-state index contributed by atoms with van der Waals surface area (Å²) < 4.78 is 5.17. The van der Waals surface area contributed by atoms with Gasteiger partial charge in [-0.1, -0.05) is 12.1 Å². The SMILES string of the molecule is COc1ccnc(C(=O)N2CCN(c3ccc(-c4ccccc4O)nc3)CC2)c1. The first kappa shape index (κ1) is 18.7. The largest absolute Gasteiger partial charge is 0.507 e. The Morgan fingerprint density at radius 1 is 1.03 bits per heavy atom. The number of phenols is 1. The van der Waals surface area contributed by atoms with E-state index in [4.69, 9.17) is 4.74 Å². The number of rotatable bonds is 4. The van der Waals surface area contributed by atoms with Crippen LogP contribution in [0.4, 0.5) is 5.69 Å². The number of pyridine rings is 2. The number of para-hydroxylation sites is 1. The lowest BCUT2D eigenvalue weighted by Crippen LogP contribution is -2.49. The summed E-state index contributed by atoms with van der Waals surface area (Å²) in [4.78, 5) is 25.4. The zero-order chi connectivity index (χ0) is 20.2. The normalized spacial score (nSPS) is 14.0. The molecule has 7 nitrogen and oxygen atoms in total. The van der Waals surface area contributed by atoms with Crippen molar-refractivity contribution in [3.05, 3.63) is 66.6 Å². The molecule has 0 saturated carbocycles. The third-order valence-electron chi connectivity index (χ3n) is 5.05. The molecule has 3 aromatic rings. The number of carbonyl (C=O) groups is 1. The number of amides is 1. The highest BCUT2D eigenvalue weighted by Crippen LogP contribution is 2.28. The zero-order valence-corrected chi connectivity index (χ0v) is 16.2. The van der Waals surface area contributed by atoms with E-state index < -0.39 is 0 Å². The number of phenolic OH excluding ortho intramolecular Hbond substituents is 1. The number of carbonyl (C=O) groups excluding carboxylic acids is 1. The number of methoxy groups -OCH3 is 1. The van der Waals surface area contributed by atoms with Crippen molar-refractivity contribution >= 4 is 11.6 Å². The molecular weight excluding hydrogens is 368 g/mol. The van der Waals surface area contributed by atoms with Gasteiger partial charge in [-0.15, -0.1) is 0 Å². The maximum absolute atomic E-state index is 12.7. The number of nitrogens with zero attached hydrogens (tertiary/aromatic N) is 4. The van der Waals surface area contributed by atoms with Gasteiger partial charge in [-0.3, -0.25) is 14.8 Å². The maximum atomic E-state index is 12.7. The van der Waals surface area contributed by atoms with Crippen molar-refractivity contribution in [2.24, 2.45) is 0 Å². The molecule has 1 fully saturated rings. The fourth-order valence-corrected chi connectivity index (χ4v) is 3.41. The van der Waals surface area contributed by atoms with Gasteiger partial charge in [0.25, 0.3) is 5.91 Å². The molecule has 3 heterocycles. The Kier molecular flexibility index (Phi) is 5.29. The summed E-state index contributed by atoms with van der Waals surface area (Å²) in [5, 5.41) is 9.99. The van der Waals surface area contributed by atoms with Gasteiger partial charge >= 0.3 is 0 Å². The lowest BCUT2D eigenvalue weighted by Gasteiger charge is -2.35. The first-order valence-corrected chi connectivity index (χ1v) is 9.44. The molecule has 1 aliphatic heterocycles. The number of benzene rings is 1. The van der Waals surface area contributed by atoms with Crippen molar-refractivity contribution in [1.82, 2.24) is 14.9 Å². The Morgan fingerprint density at radius 2 is 1.83 bits per heavy atom. The molecular formula is C22H22N4O3. The lowest BCUT2D eigenvalue weighted by molar-refractivity contribution is 0.0740. The second-order valence-electron chi connectivity index (χ2n) is 6.78. The average Bonchev–Trinajstić information content (AvgIpc) is 2.79. The van der Waals surface area contributed by atoms with E-state index in [1.807, 2.05) is 35.4 Å². The van der Waals surface area contributed by atoms with Crippen LogP contribution in [0.3, 0.4) is 0 Å². The minimum absolute atomic E-state index is 0.0865. The van der Waals surface area contributed by atoms with Gasteiger partial charge in [-0.2, -0.15) is 0 Å². The molecule has 0 spiro atoms. The van der Waals surface area contributed by atoms with Gasteiger partial charge in [0.05, 0.1) is 24.7 Å². The first-order valence-electron chi connectivity index (χ1n) is 9.44. The first-order chi connectivity index (χ1) is 14.2. The second-order valence-corrected chi connectivity index (χ2v) is 6.78. The van der Waals surface area contributed by atoms with Crippen LogP contribution in [0.25, 0.3) is 11.3 Å². The van der Waals surface area contributed by atoms with Gasteiger partial charge in [0.1, 0.15) is 17.2 Å². The van der Waals surface area contributed by atoms with E-state index in [0.29, 0.717) is 43.2 Å². The van der Waals surface area contributed by atoms with Crippen molar-refractivity contribution < 1.29 is 14.6 Å². The number of ether oxygens (including phenoxy) is 1. The molecule has 2 aromatic heterocycles. The summed E-state index contributed by atoms with van der Waals surface area (Å²) in [5.74, 6) is 0.750. The fourth-order valence-electron chi connectivity index (χ4n) is 3.41. The van der Waals surface area contributed by atoms with Crippen LogP contribution in [0.2, 0.25) is 0 Å². The van der Waals surface area contributed by atoms with E-state index in [-0.39, 0.29) is 11.7 Å². The molecule has 4 rings (SSSR count). The molecule has 148 valence electrons. The van der Waals surface area contributed by atoms with E-state index in [2.05, 4.69) is 14.9 Å². The summed E-state index contributed by atoms with van der Waals surface area (Å²) in [6.07, 6.45) is 3.39. The van der Waals surface area contributed by atoms with Gasteiger partial charge in [-0.25, -0.2) is 0 Å². The van der Waals surface area contributed by atoms with Crippen molar-refractivity contribution in [1.29, 1.82) is 0 Å². The number of piperazine rings is 1. The van der Waals surface area contributed by atoms with Crippen LogP contribution in [0.15, 0.2) is 60.9 Å². The second kappa shape index (κ2) is 8.18. The van der Waals surface area contributed by atoms with Gasteiger partial charge in [0, 0.05) is 44.0 Å². The summed E-state index contributed by atoms with van der Waals surface area (Å²) in [6, 6.07) is 14.4. The Labute approximate surface area is 169 Å².